The zero-order chi connectivity index (χ0) is 21.1. The fourth-order valence-corrected chi connectivity index (χ4v) is 54.9. The van der Waals surface area contributed by atoms with Crippen LogP contribution >= 0.6 is 7.68 Å². The van der Waals surface area contributed by atoms with Crippen LogP contribution in [0, 0.1) is 0 Å². The van der Waals surface area contributed by atoms with Crippen molar-refractivity contribution in [1.29, 1.82) is 0 Å². The Labute approximate surface area is 172 Å². The molecule has 0 fully saturated rings. The van der Waals surface area contributed by atoms with Crippen LogP contribution in [0.25, 0.3) is 0 Å². The van der Waals surface area contributed by atoms with Crippen molar-refractivity contribution in [3.05, 3.63) is 35.9 Å². The maximum absolute atomic E-state index is 2.95. The van der Waals surface area contributed by atoms with Crippen molar-refractivity contribution in [2.45, 2.75) is 91.9 Å². The summed E-state index contributed by atoms with van der Waals surface area (Å²) in [4.78, 5) is 0. The van der Waals surface area contributed by atoms with Crippen molar-refractivity contribution < 1.29 is 4.24 Å². The van der Waals surface area contributed by atoms with Gasteiger partial charge in [0.05, 0.1) is 16.6 Å². The molecule has 0 bridgehead atoms. The van der Waals surface area contributed by atoms with Crippen LogP contribution in [0.5, 0.6) is 0 Å². The number of hydrogen-bond acceptors (Lipinski definition) is 1. The van der Waals surface area contributed by atoms with E-state index < -0.39 is 22.9 Å². The van der Waals surface area contributed by atoms with Crippen molar-refractivity contribution in [2.24, 2.45) is 0 Å². The third-order valence-electron chi connectivity index (χ3n) is 4.92. The topological polar surface area (TPSA) is 6.25 Å². The molecule has 0 amide bonds. The van der Waals surface area contributed by atoms with E-state index in [-0.39, 0.29) is 11.1 Å². The monoisotopic (exact) mass is 436 g/mol. The maximum Gasteiger partial charge on any atom is 0.289 e. The molecule has 1 aromatic carbocycles. The Bertz CT molecular complexity index is 719. The first kappa shape index (κ1) is 23.1. The second kappa shape index (κ2) is 6.93. The zero-order valence-corrected chi connectivity index (χ0v) is 23.6. The maximum atomic E-state index is 2.95. The first-order valence-corrected chi connectivity index (χ1v) is 22.7. The Morgan fingerprint density at radius 3 is 1.67 bits per heavy atom. The van der Waals surface area contributed by atoms with Gasteiger partial charge in [0.2, 0.25) is 0 Å². The molecular weight excluding hydrogens is 395 g/mol. The van der Waals surface area contributed by atoms with Gasteiger partial charge >= 0.3 is 0 Å². The smallest absolute Gasteiger partial charge is 0.289 e. The molecule has 2 rings (SSSR count). The van der Waals surface area contributed by atoms with Gasteiger partial charge in [-0.15, -0.1) is 0 Å². The number of amidine groups is 1. The quantitative estimate of drug-likeness (QED) is 0.386. The van der Waals surface area contributed by atoms with E-state index in [1.54, 1.807) is 7.68 Å². The zero-order valence-electron chi connectivity index (χ0n) is 19.7. The molecule has 1 aromatic rings. The summed E-state index contributed by atoms with van der Waals surface area (Å²) in [6.07, 6.45) is 0. The minimum absolute atomic E-state index is 0.145. The molecule has 0 unspecified atom stereocenters. The molecule has 0 radical (unpaired) electrons. The van der Waals surface area contributed by atoms with Crippen LogP contribution in [0.15, 0.2) is 30.3 Å². The highest BCUT2D eigenvalue weighted by molar-refractivity contribution is 8.13. The summed E-state index contributed by atoms with van der Waals surface area (Å²) in [5.74, 6) is 1.48. The second-order valence-corrected chi connectivity index (χ2v) is 39.5. The molecule has 6 heteroatoms. The third-order valence-corrected chi connectivity index (χ3v) is 40.4. The number of benzene rings is 1. The summed E-state index contributed by atoms with van der Waals surface area (Å²) >= 11 is 0. The normalized spacial score (nSPS) is 22.6. The summed E-state index contributed by atoms with van der Waals surface area (Å²) in [6.45, 7) is 30.1. The fourth-order valence-electron chi connectivity index (χ4n) is 4.27. The SMILES string of the molecule is CC(C)(C)N1C(c2ccccc2)=[N+](C(C)(C)C)[Si@@]1([P-][Si](C)(C)C)[Si](C)(C)C. The van der Waals surface area contributed by atoms with Gasteiger partial charge in [-0.1, -0.05) is 65.2 Å². The van der Waals surface area contributed by atoms with Crippen LogP contribution < -0.4 is 0 Å². The molecule has 0 saturated heterocycles. The average molecular weight is 437 g/mol. The van der Waals surface area contributed by atoms with Crippen LogP contribution in [0.4, 0.5) is 0 Å². The molecule has 0 aliphatic carbocycles. The molecule has 27 heavy (non-hydrogen) atoms. The van der Waals surface area contributed by atoms with Gasteiger partial charge in [0, 0.05) is 0 Å². The minimum atomic E-state index is -1.85. The molecule has 1 aliphatic rings. The fraction of sp³-hybridized carbons (Fsp3) is 0.667. The molecule has 1 heterocycles. The summed E-state index contributed by atoms with van der Waals surface area (Å²) < 4.78 is 5.90. The highest BCUT2D eigenvalue weighted by Crippen LogP contribution is 2.54. The molecule has 1 aliphatic heterocycles. The molecule has 2 nitrogen and oxygen atoms in total. The van der Waals surface area contributed by atoms with Gasteiger partial charge in [-0.25, -0.2) is 0 Å². The lowest BCUT2D eigenvalue weighted by Gasteiger charge is -2.68. The number of nitrogens with zero attached hydrogens (tertiary/aromatic N) is 2. The van der Waals surface area contributed by atoms with Crippen LogP contribution in [0.1, 0.15) is 47.1 Å². The van der Waals surface area contributed by atoms with Gasteiger partial charge in [0.15, 0.2) is 0 Å². The number of hydrogen-bond donors (Lipinski definition) is 0. The summed E-state index contributed by atoms with van der Waals surface area (Å²) in [5, 5.41) is 0. The minimum Gasteiger partial charge on any atom is -0.447 e. The molecular formula is C21H41N2PSi3. The largest absolute Gasteiger partial charge is 0.447 e. The third kappa shape index (κ3) is 4.22. The average Bonchev–Trinajstić information content (AvgIpc) is 2.38. The molecule has 1 atom stereocenters. The standard InChI is InChI=1S/C21H41N2PSi3/c1-20(2,3)22-19(18-16-14-13-15-17-18)23(21(4,5)6)27(22,26(10,11)12)24-25(7,8)9/h13-17H,1-12H3. The molecule has 0 saturated carbocycles. The second-order valence-electron chi connectivity index (χ2n) is 11.9. The summed E-state index contributed by atoms with van der Waals surface area (Å²) in [6, 6.07) is 11.1. The van der Waals surface area contributed by atoms with Crippen LogP contribution in [0.2, 0.25) is 39.3 Å². The lowest BCUT2D eigenvalue weighted by atomic mass is 10.1. The lowest BCUT2D eigenvalue weighted by Crippen LogP contribution is -2.89. The Morgan fingerprint density at radius 2 is 1.33 bits per heavy atom. The van der Waals surface area contributed by atoms with Gasteiger partial charge in [0.25, 0.3) is 13.4 Å². The van der Waals surface area contributed by atoms with E-state index in [1.807, 2.05) is 0 Å². The van der Waals surface area contributed by atoms with E-state index in [4.69, 9.17) is 0 Å². The van der Waals surface area contributed by atoms with Gasteiger partial charge in [0.1, 0.15) is 7.59 Å². The van der Waals surface area contributed by atoms with Gasteiger partial charge in [-0.2, -0.15) is 0 Å². The van der Waals surface area contributed by atoms with E-state index in [2.05, 4.69) is 120 Å². The van der Waals surface area contributed by atoms with Crippen molar-refractivity contribution in [1.82, 2.24) is 4.57 Å². The van der Waals surface area contributed by atoms with Gasteiger partial charge in [-0.3, -0.25) is 8.81 Å². The Kier molecular flexibility index (Phi) is 5.92. The summed E-state index contributed by atoms with van der Waals surface area (Å²) in [5.41, 5.74) is 1.67. The first-order chi connectivity index (χ1) is 11.9. The van der Waals surface area contributed by atoms with E-state index >= 15 is 0 Å². The van der Waals surface area contributed by atoms with E-state index in [0.29, 0.717) is 0 Å². The Balaban J connectivity index is 2.94. The predicted octanol–water partition coefficient (Wildman–Crippen LogP) is 6.49. The highest BCUT2D eigenvalue weighted by Gasteiger charge is 2.69. The Morgan fingerprint density at radius 1 is 0.852 bits per heavy atom. The van der Waals surface area contributed by atoms with Crippen molar-refractivity contribution >= 4 is 36.4 Å². The first-order valence-electron chi connectivity index (χ1n) is 10.2. The molecule has 0 N–H and O–H groups in total. The lowest BCUT2D eigenvalue weighted by molar-refractivity contribution is -0.508. The van der Waals surface area contributed by atoms with E-state index in [9.17, 15) is 0 Å². The van der Waals surface area contributed by atoms with Crippen LogP contribution in [0.3, 0.4) is 0 Å². The molecule has 152 valence electrons. The van der Waals surface area contributed by atoms with Crippen molar-refractivity contribution in [3.63, 3.8) is 0 Å². The highest BCUT2D eigenvalue weighted by atomic mass is 31.6. The van der Waals surface area contributed by atoms with Gasteiger partial charge < -0.3 is 7.68 Å². The molecule has 0 aromatic heterocycles. The van der Waals surface area contributed by atoms with E-state index in [0.717, 1.165) is 0 Å². The predicted molar refractivity (Wildman–Crippen MR) is 132 cm³/mol. The van der Waals surface area contributed by atoms with Gasteiger partial charge in [-0.05, 0) is 53.7 Å². The summed E-state index contributed by atoms with van der Waals surface area (Å²) in [7, 11) is -2.80. The number of rotatable bonds is 4. The van der Waals surface area contributed by atoms with E-state index in [1.165, 1.54) is 11.4 Å². The van der Waals surface area contributed by atoms with Crippen molar-refractivity contribution in [3.8, 4) is 0 Å². The molecule has 0 spiro atoms. The van der Waals surface area contributed by atoms with Crippen LogP contribution in [-0.4, -0.2) is 48.6 Å². The van der Waals surface area contributed by atoms with Crippen LogP contribution in [-0.2, 0) is 0 Å². The Hall–Kier alpha value is -0.229. The van der Waals surface area contributed by atoms with Crippen molar-refractivity contribution in [2.75, 3.05) is 0 Å².